The molecule has 0 aromatic heterocycles. The molecule has 0 radical (unpaired) electrons. The summed E-state index contributed by atoms with van der Waals surface area (Å²) in [6.07, 6.45) is 0. The van der Waals surface area contributed by atoms with E-state index in [-0.39, 0.29) is 0 Å². The van der Waals surface area contributed by atoms with E-state index < -0.39 is 0 Å². The lowest BCUT2D eigenvalue weighted by Crippen LogP contribution is -2.32. The van der Waals surface area contributed by atoms with Crippen molar-refractivity contribution < 1.29 is 0 Å². The molecular weight excluding hydrogens is 318 g/mol. The summed E-state index contributed by atoms with van der Waals surface area (Å²) >= 11 is 6.98. The lowest BCUT2D eigenvalue weighted by Gasteiger charge is -2.19. The van der Waals surface area contributed by atoms with Gasteiger partial charge in [-0.15, -0.1) is 0 Å². The zero-order chi connectivity index (χ0) is 11.3. The van der Waals surface area contributed by atoms with E-state index in [2.05, 4.69) is 69.2 Å². The quantitative estimate of drug-likeness (QED) is 0.804. The van der Waals surface area contributed by atoms with Crippen molar-refractivity contribution in [1.82, 2.24) is 5.32 Å². The summed E-state index contributed by atoms with van der Waals surface area (Å²) in [5.74, 6) is 0.650. The van der Waals surface area contributed by atoms with E-state index in [0.717, 1.165) is 16.3 Å². The highest BCUT2D eigenvalue weighted by atomic mass is 79.9. The summed E-state index contributed by atoms with van der Waals surface area (Å²) in [4.78, 5) is 0. The summed E-state index contributed by atoms with van der Waals surface area (Å²) in [5.41, 5.74) is 1.32. The van der Waals surface area contributed by atoms with E-state index >= 15 is 0 Å². The molecule has 2 atom stereocenters. The Bertz CT molecular complexity index is 301. The largest absolute Gasteiger partial charge is 0.310 e. The van der Waals surface area contributed by atoms with Crippen molar-refractivity contribution in [2.75, 3.05) is 5.33 Å². The molecule has 1 aromatic rings. The van der Waals surface area contributed by atoms with Gasteiger partial charge in [0.05, 0.1) is 0 Å². The van der Waals surface area contributed by atoms with E-state index in [0.29, 0.717) is 12.0 Å². The minimum atomic E-state index is 0.531. The van der Waals surface area contributed by atoms with Crippen LogP contribution in [-0.2, 0) is 6.54 Å². The fourth-order valence-corrected chi connectivity index (χ4v) is 2.27. The minimum Gasteiger partial charge on any atom is -0.310 e. The number of alkyl halides is 1. The van der Waals surface area contributed by atoms with E-state index in [9.17, 15) is 0 Å². The lowest BCUT2D eigenvalue weighted by molar-refractivity contribution is 0.433. The van der Waals surface area contributed by atoms with E-state index in [1.807, 2.05) is 6.07 Å². The first-order valence-electron chi connectivity index (χ1n) is 5.17. The molecule has 0 fully saturated rings. The molecule has 0 spiro atoms. The van der Waals surface area contributed by atoms with E-state index in [1.165, 1.54) is 5.56 Å². The second-order valence-corrected chi connectivity index (χ2v) is 5.49. The highest BCUT2D eigenvalue weighted by molar-refractivity contribution is 9.10. The van der Waals surface area contributed by atoms with Crippen molar-refractivity contribution >= 4 is 31.9 Å². The first kappa shape index (κ1) is 13.2. The van der Waals surface area contributed by atoms with Crippen LogP contribution in [0.1, 0.15) is 19.4 Å². The molecule has 1 N–H and O–H groups in total. The Labute approximate surface area is 109 Å². The SMILES string of the molecule is CC(CBr)C(C)NCc1cccc(Br)c1. The first-order valence-corrected chi connectivity index (χ1v) is 7.08. The number of rotatable bonds is 5. The van der Waals surface area contributed by atoms with Gasteiger partial charge in [-0.25, -0.2) is 0 Å². The molecule has 0 aliphatic heterocycles. The topological polar surface area (TPSA) is 12.0 Å². The van der Waals surface area contributed by atoms with Crippen molar-refractivity contribution in [2.24, 2.45) is 5.92 Å². The minimum absolute atomic E-state index is 0.531. The van der Waals surface area contributed by atoms with Crippen LogP contribution in [0.15, 0.2) is 28.7 Å². The second kappa shape index (κ2) is 6.66. The Morgan fingerprint density at radius 3 is 2.67 bits per heavy atom. The molecule has 0 aliphatic rings. The summed E-state index contributed by atoms with van der Waals surface area (Å²) in [5, 5.41) is 4.57. The monoisotopic (exact) mass is 333 g/mol. The maximum absolute atomic E-state index is 3.53. The van der Waals surface area contributed by atoms with Crippen LogP contribution < -0.4 is 5.32 Å². The van der Waals surface area contributed by atoms with Crippen molar-refractivity contribution in [2.45, 2.75) is 26.4 Å². The Morgan fingerprint density at radius 2 is 2.07 bits per heavy atom. The van der Waals surface area contributed by atoms with E-state index in [4.69, 9.17) is 0 Å². The lowest BCUT2D eigenvalue weighted by atomic mass is 10.1. The molecule has 1 nitrogen and oxygen atoms in total. The third kappa shape index (κ3) is 4.66. The Hall–Kier alpha value is 0.140. The van der Waals surface area contributed by atoms with Gasteiger partial charge in [-0.1, -0.05) is 50.9 Å². The highest BCUT2D eigenvalue weighted by Crippen LogP contribution is 2.12. The second-order valence-electron chi connectivity index (χ2n) is 3.93. The molecule has 0 bridgehead atoms. The predicted molar refractivity (Wildman–Crippen MR) is 73.4 cm³/mol. The molecule has 3 heteroatoms. The normalized spacial score (nSPS) is 14.9. The maximum Gasteiger partial charge on any atom is 0.0208 e. The smallest absolute Gasteiger partial charge is 0.0208 e. The van der Waals surface area contributed by atoms with Crippen LogP contribution in [0.5, 0.6) is 0 Å². The molecule has 1 rings (SSSR count). The number of benzene rings is 1. The number of hydrogen-bond acceptors (Lipinski definition) is 1. The summed E-state index contributed by atoms with van der Waals surface area (Å²) in [7, 11) is 0. The molecule has 1 aromatic carbocycles. The third-order valence-electron chi connectivity index (χ3n) is 2.61. The van der Waals surface area contributed by atoms with Crippen molar-refractivity contribution in [3.05, 3.63) is 34.3 Å². The van der Waals surface area contributed by atoms with Gasteiger partial charge < -0.3 is 5.32 Å². The number of nitrogens with one attached hydrogen (secondary N) is 1. The van der Waals surface area contributed by atoms with Crippen molar-refractivity contribution in [3.63, 3.8) is 0 Å². The van der Waals surface area contributed by atoms with Crippen molar-refractivity contribution in [1.29, 1.82) is 0 Å². The maximum atomic E-state index is 3.53. The van der Waals surface area contributed by atoms with Gasteiger partial charge in [0.1, 0.15) is 0 Å². The summed E-state index contributed by atoms with van der Waals surface area (Å²) in [6, 6.07) is 8.94. The number of halogens is 2. The van der Waals surface area contributed by atoms with Crippen LogP contribution in [0.4, 0.5) is 0 Å². The molecule has 0 amide bonds. The first-order chi connectivity index (χ1) is 7.13. The van der Waals surface area contributed by atoms with Gasteiger partial charge in [0, 0.05) is 22.4 Å². The molecule has 2 unspecified atom stereocenters. The fraction of sp³-hybridized carbons (Fsp3) is 0.500. The molecule has 0 aliphatic carbocycles. The Balaban J connectivity index is 2.43. The Kier molecular flexibility index (Phi) is 5.87. The van der Waals surface area contributed by atoms with Gasteiger partial charge in [-0.2, -0.15) is 0 Å². The molecule has 0 saturated heterocycles. The predicted octanol–water partition coefficient (Wildman–Crippen LogP) is 3.96. The average molecular weight is 335 g/mol. The molecule has 15 heavy (non-hydrogen) atoms. The summed E-state index contributed by atoms with van der Waals surface area (Å²) in [6.45, 7) is 5.40. The van der Waals surface area contributed by atoms with Gasteiger partial charge in [0.25, 0.3) is 0 Å². The van der Waals surface area contributed by atoms with Crippen LogP contribution >= 0.6 is 31.9 Å². The third-order valence-corrected chi connectivity index (χ3v) is 4.13. The van der Waals surface area contributed by atoms with Gasteiger partial charge >= 0.3 is 0 Å². The van der Waals surface area contributed by atoms with Gasteiger partial charge in [0.2, 0.25) is 0 Å². The standard InChI is InChI=1S/C12H17Br2N/c1-9(7-13)10(2)15-8-11-4-3-5-12(14)6-11/h3-6,9-10,15H,7-8H2,1-2H3. The van der Waals surface area contributed by atoms with E-state index in [1.54, 1.807) is 0 Å². The zero-order valence-electron chi connectivity index (χ0n) is 9.13. The molecular formula is C12H17Br2N. The number of hydrogen-bond donors (Lipinski definition) is 1. The van der Waals surface area contributed by atoms with Crippen molar-refractivity contribution in [3.8, 4) is 0 Å². The van der Waals surface area contributed by atoms with Crippen LogP contribution in [0.2, 0.25) is 0 Å². The fourth-order valence-electron chi connectivity index (χ4n) is 1.26. The summed E-state index contributed by atoms with van der Waals surface area (Å²) < 4.78 is 1.14. The van der Waals surface area contributed by atoms with Gasteiger partial charge in [0.15, 0.2) is 0 Å². The molecule has 0 heterocycles. The van der Waals surface area contributed by atoms with Crippen LogP contribution in [0.3, 0.4) is 0 Å². The molecule has 0 saturated carbocycles. The van der Waals surface area contributed by atoms with Crippen LogP contribution in [-0.4, -0.2) is 11.4 Å². The average Bonchev–Trinajstić information content (AvgIpc) is 2.25. The van der Waals surface area contributed by atoms with Gasteiger partial charge in [-0.3, -0.25) is 0 Å². The highest BCUT2D eigenvalue weighted by Gasteiger charge is 2.09. The Morgan fingerprint density at radius 1 is 1.33 bits per heavy atom. The zero-order valence-corrected chi connectivity index (χ0v) is 12.3. The van der Waals surface area contributed by atoms with Crippen LogP contribution in [0.25, 0.3) is 0 Å². The van der Waals surface area contributed by atoms with Gasteiger partial charge in [-0.05, 0) is 30.5 Å². The van der Waals surface area contributed by atoms with Crippen LogP contribution in [0, 0.1) is 5.92 Å². The molecule has 84 valence electrons.